The monoisotopic (exact) mass is 222 g/mol. The van der Waals surface area contributed by atoms with Crippen LogP contribution in [0.3, 0.4) is 0 Å². The van der Waals surface area contributed by atoms with E-state index in [1.807, 2.05) is 19.1 Å². The average molecular weight is 222 g/mol. The number of aryl methyl sites for hydroxylation is 1. The Morgan fingerprint density at radius 2 is 1.94 bits per heavy atom. The van der Waals surface area contributed by atoms with Gasteiger partial charge in [-0.15, -0.1) is 0 Å². The average Bonchev–Trinajstić information content (AvgIpc) is 2.26. The van der Waals surface area contributed by atoms with Crippen molar-refractivity contribution in [2.45, 2.75) is 32.6 Å². The lowest BCUT2D eigenvalue weighted by atomic mass is 10.1. The summed E-state index contributed by atoms with van der Waals surface area (Å²) in [4.78, 5) is 0. The number of hydrogen-bond acceptors (Lipinski definition) is 3. The van der Waals surface area contributed by atoms with Crippen LogP contribution < -0.4 is 11.1 Å². The largest absolute Gasteiger partial charge is 0.397 e. The molecule has 0 aliphatic rings. The maximum Gasteiger partial charge on any atom is 0.0574 e. The van der Waals surface area contributed by atoms with E-state index in [1.165, 1.54) is 5.56 Å². The Kier molecular flexibility index (Phi) is 5.72. The minimum absolute atomic E-state index is 0.304. The first-order chi connectivity index (χ1) is 7.74. The summed E-state index contributed by atoms with van der Waals surface area (Å²) in [6, 6.07) is 6.07. The Hall–Kier alpha value is -1.22. The topological polar surface area (TPSA) is 58.3 Å². The molecule has 0 saturated carbocycles. The molecule has 0 aliphatic heterocycles. The van der Waals surface area contributed by atoms with Gasteiger partial charge in [-0.05, 0) is 37.5 Å². The standard InChI is InChI=1S/C13H22N2O/c1-11-6-7-13(12(14)10-11)15-8-4-2-3-5-9-16/h6-7,10,15-16H,2-5,8-9,14H2,1H3. The van der Waals surface area contributed by atoms with Gasteiger partial charge in [-0.2, -0.15) is 0 Å². The third-order valence-corrected chi connectivity index (χ3v) is 2.61. The zero-order valence-corrected chi connectivity index (χ0v) is 10.00. The van der Waals surface area contributed by atoms with Crippen LogP contribution >= 0.6 is 0 Å². The lowest BCUT2D eigenvalue weighted by Crippen LogP contribution is -2.04. The van der Waals surface area contributed by atoms with Gasteiger partial charge in [-0.1, -0.05) is 18.9 Å². The van der Waals surface area contributed by atoms with Crippen molar-refractivity contribution in [3.63, 3.8) is 0 Å². The molecule has 3 heteroatoms. The zero-order valence-electron chi connectivity index (χ0n) is 10.00. The number of aliphatic hydroxyl groups is 1. The first-order valence-electron chi connectivity index (χ1n) is 5.95. The van der Waals surface area contributed by atoms with Gasteiger partial charge < -0.3 is 16.2 Å². The summed E-state index contributed by atoms with van der Waals surface area (Å²) in [6.45, 7) is 3.28. The van der Waals surface area contributed by atoms with Crippen molar-refractivity contribution in [2.24, 2.45) is 0 Å². The fourth-order valence-electron chi connectivity index (χ4n) is 1.66. The van der Waals surface area contributed by atoms with Gasteiger partial charge in [0.05, 0.1) is 11.4 Å². The summed E-state index contributed by atoms with van der Waals surface area (Å²) in [7, 11) is 0. The summed E-state index contributed by atoms with van der Waals surface area (Å²) in [6.07, 6.45) is 4.28. The van der Waals surface area contributed by atoms with Gasteiger partial charge in [0.15, 0.2) is 0 Å². The SMILES string of the molecule is Cc1ccc(NCCCCCCO)c(N)c1. The van der Waals surface area contributed by atoms with Gasteiger partial charge in [0, 0.05) is 13.2 Å². The van der Waals surface area contributed by atoms with Gasteiger partial charge in [-0.25, -0.2) is 0 Å². The molecular formula is C13H22N2O. The van der Waals surface area contributed by atoms with Gasteiger partial charge in [-0.3, -0.25) is 0 Å². The summed E-state index contributed by atoms with van der Waals surface area (Å²) < 4.78 is 0. The number of benzene rings is 1. The van der Waals surface area contributed by atoms with Crippen molar-refractivity contribution in [2.75, 3.05) is 24.2 Å². The molecule has 1 aromatic rings. The number of nitrogens with one attached hydrogen (secondary N) is 1. The lowest BCUT2D eigenvalue weighted by Gasteiger charge is -2.09. The highest BCUT2D eigenvalue weighted by Gasteiger charge is 1.97. The molecule has 0 radical (unpaired) electrons. The van der Waals surface area contributed by atoms with E-state index in [0.717, 1.165) is 43.6 Å². The predicted molar refractivity (Wildman–Crippen MR) is 69.6 cm³/mol. The molecule has 4 N–H and O–H groups in total. The molecule has 0 heterocycles. The van der Waals surface area contributed by atoms with E-state index < -0.39 is 0 Å². The Balaban J connectivity index is 2.21. The molecule has 0 aromatic heterocycles. The minimum Gasteiger partial charge on any atom is -0.397 e. The summed E-state index contributed by atoms with van der Waals surface area (Å²) in [5.41, 5.74) is 8.91. The normalized spacial score (nSPS) is 10.4. The second kappa shape index (κ2) is 7.12. The molecule has 0 unspecified atom stereocenters. The van der Waals surface area contributed by atoms with Crippen LogP contribution in [0.4, 0.5) is 11.4 Å². The van der Waals surface area contributed by atoms with Gasteiger partial charge in [0.1, 0.15) is 0 Å². The van der Waals surface area contributed by atoms with Crippen molar-refractivity contribution in [3.8, 4) is 0 Å². The molecule has 0 bridgehead atoms. The van der Waals surface area contributed by atoms with Crippen molar-refractivity contribution >= 4 is 11.4 Å². The molecular weight excluding hydrogens is 200 g/mol. The van der Waals surface area contributed by atoms with Crippen LogP contribution in [-0.4, -0.2) is 18.3 Å². The molecule has 0 aliphatic carbocycles. The van der Waals surface area contributed by atoms with Crippen LogP contribution in [-0.2, 0) is 0 Å². The van der Waals surface area contributed by atoms with E-state index in [9.17, 15) is 0 Å². The second-order valence-electron chi connectivity index (χ2n) is 4.16. The van der Waals surface area contributed by atoms with Crippen LogP contribution in [0, 0.1) is 6.92 Å². The van der Waals surface area contributed by atoms with Gasteiger partial charge >= 0.3 is 0 Å². The molecule has 0 fully saturated rings. The van der Waals surface area contributed by atoms with Gasteiger partial charge in [0.25, 0.3) is 0 Å². The minimum atomic E-state index is 0.304. The number of aliphatic hydroxyl groups excluding tert-OH is 1. The molecule has 1 aromatic carbocycles. The van der Waals surface area contributed by atoms with E-state index in [1.54, 1.807) is 0 Å². The number of hydrogen-bond donors (Lipinski definition) is 3. The number of nitrogen functional groups attached to an aromatic ring is 1. The van der Waals surface area contributed by atoms with Crippen LogP contribution in [0.1, 0.15) is 31.2 Å². The fourth-order valence-corrected chi connectivity index (χ4v) is 1.66. The first kappa shape index (κ1) is 12.8. The maximum atomic E-state index is 8.63. The predicted octanol–water partition coefficient (Wildman–Crippen LogP) is 2.54. The lowest BCUT2D eigenvalue weighted by molar-refractivity contribution is 0.283. The number of rotatable bonds is 7. The Morgan fingerprint density at radius 1 is 1.19 bits per heavy atom. The molecule has 1 rings (SSSR count). The highest BCUT2D eigenvalue weighted by molar-refractivity contribution is 5.66. The molecule has 0 spiro atoms. The molecule has 16 heavy (non-hydrogen) atoms. The fraction of sp³-hybridized carbons (Fsp3) is 0.538. The van der Waals surface area contributed by atoms with Crippen LogP contribution in [0.5, 0.6) is 0 Å². The summed E-state index contributed by atoms with van der Waals surface area (Å²) in [5.74, 6) is 0. The van der Waals surface area contributed by atoms with E-state index in [2.05, 4.69) is 11.4 Å². The number of unbranched alkanes of at least 4 members (excludes halogenated alkanes) is 3. The van der Waals surface area contributed by atoms with Crippen LogP contribution in [0.25, 0.3) is 0 Å². The maximum absolute atomic E-state index is 8.63. The third-order valence-electron chi connectivity index (χ3n) is 2.61. The van der Waals surface area contributed by atoms with Crippen LogP contribution in [0.2, 0.25) is 0 Å². The Labute approximate surface area is 97.7 Å². The van der Waals surface area contributed by atoms with Crippen LogP contribution in [0.15, 0.2) is 18.2 Å². The zero-order chi connectivity index (χ0) is 11.8. The first-order valence-corrected chi connectivity index (χ1v) is 5.95. The Bertz CT molecular complexity index is 313. The van der Waals surface area contributed by atoms with E-state index >= 15 is 0 Å². The molecule has 0 saturated heterocycles. The van der Waals surface area contributed by atoms with Crippen molar-refractivity contribution in [3.05, 3.63) is 23.8 Å². The van der Waals surface area contributed by atoms with Gasteiger partial charge in [0.2, 0.25) is 0 Å². The second-order valence-corrected chi connectivity index (χ2v) is 4.16. The summed E-state index contributed by atoms with van der Waals surface area (Å²) in [5, 5.41) is 12.0. The van der Waals surface area contributed by atoms with Crippen molar-refractivity contribution in [1.29, 1.82) is 0 Å². The van der Waals surface area contributed by atoms with E-state index in [0.29, 0.717) is 6.61 Å². The molecule has 3 nitrogen and oxygen atoms in total. The summed E-state index contributed by atoms with van der Waals surface area (Å²) >= 11 is 0. The molecule has 0 amide bonds. The van der Waals surface area contributed by atoms with E-state index in [4.69, 9.17) is 10.8 Å². The number of anilines is 2. The smallest absolute Gasteiger partial charge is 0.0574 e. The number of nitrogens with two attached hydrogens (primary N) is 1. The Morgan fingerprint density at radius 3 is 2.62 bits per heavy atom. The highest BCUT2D eigenvalue weighted by Crippen LogP contribution is 2.19. The van der Waals surface area contributed by atoms with E-state index in [-0.39, 0.29) is 0 Å². The molecule has 90 valence electrons. The van der Waals surface area contributed by atoms with Crippen molar-refractivity contribution in [1.82, 2.24) is 0 Å². The molecule has 0 atom stereocenters. The quantitative estimate of drug-likeness (QED) is 0.491. The highest BCUT2D eigenvalue weighted by atomic mass is 16.2. The third kappa shape index (κ3) is 4.53. The van der Waals surface area contributed by atoms with Crippen molar-refractivity contribution < 1.29 is 5.11 Å².